The number of aromatic nitrogens is 2. The van der Waals surface area contributed by atoms with Gasteiger partial charge in [-0.15, -0.1) is 0 Å². The number of furan rings is 1. The summed E-state index contributed by atoms with van der Waals surface area (Å²) in [7, 11) is 0. The molecule has 0 radical (unpaired) electrons. The third-order valence-electron chi connectivity index (χ3n) is 9.49. The van der Waals surface area contributed by atoms with Crippen molar-refractivity contribution in [3.05, 3.63) is 126 Å². The summed E-state index contributed by atoms with van der Waals surface area (Å²) in [5.41, 5.74) is 12.4. The summed E-state index contributed by atoms with van der Waals surface area (Å²) in [6.07, 6.45) is 14.4. The summed E-state index contributed by atoms with van der Waals surface area (Å²) in [6, 6.07) is 34.3. The minimum atomic E-state index is 0.270. The normalized spacial score (nSPS) is 17.0. The molecule has 3 heteroatoms. The molecule has 0 unspecified atom stereocenters. The average Bonchev–Trinajstić information content (AvgIpc) is 3.59. The minimum Gasteiger partial charge on any atom is -0.452 e. The van der Waals surface area contributed by atoms with Gasteiger partial charge in [-0.2, -0.15) is 0 Å². The van der Waals surface area contributed by atoms with E-state index in [0.29, 0.717) is 5.82 Å². The van der Waals surface area contributed by atoms with Crippen LogP contribution in [0.2, 0.25) is 0 Å². The first-order valence-electron chi connectivity index (χ1n) is 15.5. The molecule has 2 heterocycles. The van der Waals surface area contributed by atoms with Crippen LogP contribution in [0.25, 0.3) is 61.4 Å². The van der Waals surface area contributed by atoms with Crippen LogP contribution in [0.3, 0.4) is 0 Å². The van der Waals surface area contributed by atoms with Gasteiger partial charge >= 0.3 is 0 Å². The first kappa shape index (κ1) is 25.9. The summed E-state index contributed by atoms with van der Waals surface area (Å²) in [5, 5.41) is 1.01. The Hall–Kier alpha value is -4.76. The molecule has 0 amide bonds. The molecule has 3 nitrogen and oxygen atoms in total. The SMILES string of the molecule is C/C=C\C=C1/CC2(CCCCC2)c2cc(-c3cccc(-c4nc(-c5ccccc5)nc5c4oc4ccccc45)c3)ccc21. The molecular formula is C40H34N2O. The zero-order valence-electron chi connectivity index (χ0n) is 24.5. The maximum atomic E-state index is 6.42. The first-order chi connectivity index (χ1) is 21.2. The Balaban J connectivity index is 1.28. The Morgan fingerprint density at radius 1 is 0.721 bits per heavy atom. The lowest BCUT2D eigenvalue weighted by atomic mass is 9.70. The van der Waals surface area contributed by atoms with Gasteiger partial charge in [0.25, 0.3) is 0 Å². The van der Waals surface area contributed by atoms with Crippen molar-refractivity contribution in [1.29, 1.82) is 0 Å². The van der Waals surface area contributed by atoms with Gasteiger partial charge < -0.3 is 4.42 Å². The van der Waals surface area contributed by atoms with E-state index in [2.05, 4.69) is 85.8 Å². The molecule has 1 spiro atoms. The molecular weight excluding hydrogens is 524 g/mol. The standard InChI is InChI=1S/C40H34N2O/c1-2-3-13-31-26-40(22-10-5-11-23-40)34-25-29(20-21-32(31)34)28-16-12-17-30(24-28)36-38-37(33-18-8-9-19-35(33)43-38)42-39(41-36)27-14-6-4-7-15-27/h2-4,6-9,12-21,24-25H,5,10-11,22-23,26H2,1H3/b3-2-,31-13+. The first-order valence-corrected chi connectivity index (χ1v) is 15.5. The van der Waals surface area contributed by atoms with Gasteiger partial charge in [0, 0.05) is 16.5 Å². The van der Waals surface area contributed by atoms with E-state index in [4.69, 9.17) is 14.4 Å². The predicted molar refractivity (Wildman–Crippen MR) is 178 cm³/mol. The maximum Gasteiger partial charge on any atom is 0.180 e. The fourth-order valence-electron chi connectivity index (χ4n) is 7.38. The highest BCUT2D eigenvalue weighted by molar-refractivity contribution is 6.07. The van der Waals surface area contributed by atoms with Crippen molar-refractivity contribution >= 4 is 27.6 Å². The van der Waals surface area contributed by atoms with E-state index < -0.39 is 0 Å². The second-order valence-electron chi connectivity index (χ2n) is 12.1. The van der Waals surface area contributed by atoms with Crippen molar-refractivity contribution in [3.63, 3.8) is 0 Å². The second kappa shape index (κ2) is 10.5. The molecule has 2 aliphatic carbocycles. The monoisotopic (exact) mass is 558 g/mol. The number of hydrogen-bond acceptors (Lipinski definition) is 3. The lowest BCUT2D eigenvalue weighted by Crippen LogP contribution is -2.25. The molecule has 210 valence electrons. The highest BCUT2D eigenvalue weighted by Crippen LogP contribution is 2.54. The molecule has 8 rings (SSSR count). The lowest BCUT2D eigenvalue weighted by molar-refractivity contribution is 0.307. The summed E-state index contributed by atoms with van der Waals surface area (Å²) in [4.78, 5) is 10.1. The summed E-state index contributed by atoms with van der Waals surface area (Å²) in [5.74, 6) is 0.706. The Kier molecular flexibility index (Phi) is 6.33. The van der Waals surface area contributed by atoms with Crippen LogP contribution >= 0.6 is 0 Å². The Morgan fingerprint density at radius 3 is 2.35 bits per heavy atom. The van der Waals surface area contributed by atoms with Crippen LogP contribution in [0.15, 0.2) is 120 Å². The van der Waals surface area contributed by atoms with Gasteiger partial charge in [-0.1, -0.05) is 110 Å². The number of para-hydroxylation sites is 1. The zero-order valence-corrected chi connectivity index (χ0v) is 24.5. The average molecular weight is 559 g/mol. The number of allylic oxidation sites excluding steroid dienone is 4. The molecule has 0 aliphatic heterocycles. The van der Waals surface area contributed by atoms with E-state index in [1.165, 1.54) is 54.4 Å². The third-order valence-corrected chi connectivity index (χ3v) is 9.49. The van der Waals surface area contributed by atoms with Crippen LogP contribution < -0.4 is 0 Å². The molecule has 4 aromatic carbocycles. The number of benzene rings is 4. The second-order valence-corrected chi connectivity index (χ2v) is 12.1. The fourth-order valence-corrected chi connectivity index (χ4v) is 7.38. The minimum absolute atomic E-state index is 0.270. The van der Waals surface area contributed by atoms with Crippen LogP contribution in [-0.2, 0) is 5.41 Å². The van der Waals surface area contributed by atoms with Gasteiger partial charge in [0.05, 0.1) is 0 Å². The lowest BCUT2D eigenvalue weighted by Gasteiger charge is -2.34. The van der Waals surface area contributed by atoms with Crippen LogP contribution in [0.5, 0.6) is 0 Å². The van der Waals surface area contributed by atoms with Crippen LogP contribution in [-0.4, -0.2) is 9.97 Å². The topological polar surface area (TPSA) is 38.9 Å². The molecule has 0 atom stereocenters. The largest absolute Gasteiger partial charge is 0.452 e. The van der Waals surface area contributed by atoms with Gasteiger partial charge in [0.2, 0.25) is 0 Å². The highest BCUT2D eigenvalue weighted by Gasteiger charge is 2.41. The van der Waals surface area contributed by atoms with Crippen molar-refractivity contribution in [1.82, 2.24) is 9.97 Å². The molecule has 1 saturated carbocycles. The molecule has 0 bridgehead atoms. The van der Waals surface area contributed by atoms with Crippen LogP contribution in [0, 0.1) is 0 Å². The number of fused-ring (bicyclic) bond motifs is 5. The van der Waals surface area contributed by atoms with Crippen molar-refractivity contribution in [2.24, 2.45) is 0 Å². The molecule has 6 aromatic rings. The third kappa shape index (κ3) is 4.42. The van der Waals surface area contributed by atoms with Crippen molar-refractivity contribution in [2.45, 2.75) is 50.9 Å². The van der Waals surface area contributed by atoms with E-state index in [0.717, 1.165) is 45.3 Å². The van der Waals surface area contributed by atoms with Crippen LogP contribution in [0.4, 0.5) is 0 Å². The Bertz CT molecular complexity index is 2040. The van der Waals surface area contributed by atoms with Crippen molar-refractivity contribution in [3.8, 4) is 33.8 Å². The van der Waals surface area contributed by atoms with Crippen molar-refractivity contribution < 1.29 is 4.42 Å². The molecule has 2 aromatic heterocycles. The van der Waals surface area contributed by atoms with E-state index in [1.54, 1.807) is 5.56 Å². The number of nitrogens with zero attached hydrogens (tertiary/aromatic N) is 2. The molecule has 0 N–H and O–H groups in total. The fraction of sp³-hybridized carbons (Fsp3) is 0.200. The summed E-state index contributed by atoms with van der Waals surface area (Å²) < 4.78 is 6.42. The summed E-state index contributed by atoms with van der Waals surface area (Å²) in [6.45, 7) is 2.10. The quantitative estimate of drug-likeness (QED) is 0.216. The number of hydrogen-bond donors (Lipinski definition) is 0. The van der Waals surface area contributed by atoms with E-state index in [-0.39, 0.29) is 5.41 Å². The molecule has 1 fully saturated rings. The molecule has 2 aliphatic rings. The van der Waals surface area contributed by atoms with E-state index >= 15 is 0 Å². The zero-order chi connectivity index (χ0) is 28.8. The van der Waals surface area contributed by atoms with E-state index in [9.17, 15) is 0 Å². The smallest absolute Gasteiger partial charge is 0.180 e. The molecule has 0 saturated heterocycles. The van der Waals surface area contributed by atoms with Crippen LogP contribution in [0.1, 0.15) is 56.6 Å². The van der Waals surface area contributed by atoms with Crippen molar-refractivity contribution in [2.75, 3.05) is 0 Å². The van der Waals surface area contributed by atoms with Gasteiger partial charge in [0.15, 0.2) is 11.4 Å². The Morgan fingerprint density at radius 2 is 1.49 bits per heavy atom. The van der Waals surface area contributed by atoms with Gasteiger partial charge in [-0.25, -0.2) is 9.97 Å². The molecule has 43 heavy (non-hydrogen) atoms. The van der Waals surface area contributed by atoms with Gasteiger partial charge in [-0.05, 0) is 83.7 Å². The summed E-state index contributed by atoms with van der Waals surface area (Å²) >= 11 is 0. The van der Waals surface area contributed by atoms with Gasteiger partial charge in [0.1, 0.15) is 16.8 Å². The van der Waals surface area contributed by atoms with Gasteiger partial charge in [-0.3, -0.25) is 0 Å². The highest BCUT2D eigenvalue weighted by atomic mass is 16.3. The number of rotatable bonds is 4. The Labute approximate surface area is 252 Å². The maximum absolute atomic E-state index is 6.42. The van der Waals surface area contributed by atoms with E-state index in [1.807, 2.05) is 36.4 Å². The predicted octanol–water partition coefficient (Wildman–Crippen LogP) is 10.9.